The highest BCUT2D eigenvalue weighted by Crippen LogP contribution is 2.23. The van der Waals surface area contributed by atoms with E-state index in [1.165, 1.54) is 16.5 Å². The molecule has 96 valence electrons. The van der Waals surface area contributed by atoms with Gasteiger partial charge in [-0.25, -0.2) is 0 Å². The molecule has 0 heterocycles. The second kappa shape index (κ2) is 7.67. The van der Waals surface area contributed by atoms with Crippen molar-refractivity contribution in [3.63, 3.8) is 0 Å². The van der Waals surface area contributed by atoms with Gasteiger partial charge in [0, 0.05) is 23.4 Å². The van der Waals surface area contributed by atoms with E-state index in [-0.39, 0.29) is 5.76 Å². The minimum atomic E-state index is 0.191. The number of hydrogen-bond donors (Lipinski definition) is 2. The average Bonchev–Trinajstić information content (AvgIpc) is 2.42. The maximum absolute atomic E-state index is 9.24. The van der Waals surface area contributed by atoms with Gasteiger partial charge in [-0.1, -0.05) is 24.3 Å². The minimum Gasteiger partial charge on any atom is -0.508 e. The zero-order valence-corrected chi connectivity index (χ0v) is 11.6. The molecule has 0 unspecified atom stereocenters. The topological polar surface area (TPSA) is 32.3 Å². The van der Waals surface area contributed by atoms with Crippen LogP contribution in [0.5, 0.6) is 0 Å². The van der Waals surface area contributed by atoms with Crippen LogP contribution in [0.15, 0.2) is 65.3 Å². The predicted molar refractivity (Wildman–Crippen MR) is 81.4 cm³/mol. The molecule has 0 aliphatic carbocycles. The smallest absolute Gasteiger partial charge is 0.114 e. The summed E-state index contributed by atoms with van der Waals surface area (Å²) < 4.78 is 0. The summed E-state index contributed by atoms with van der Waals surface area (Å²) >= 11 is 1.77. The van der Waals surface area contributed by atoms with Crippen molar-refractivity contribution in [1.29, 1.82) is 0 Å². The molecule has 0 spiro atoms. The fraction of sp³-hybridized carbons (Fsp3) is 0.200. The molecule has 0 atom stereocenters. The Morgan fingerprint density at radius 2 is 2.22 bits per heavy atom. The van der Waals surface area contributed by atoms with Crippen LogP contribution >= 0.6 is 11.8 Å². The average molecular weight is 261 g/mol. The van der Waals surface area contributed by atoms with Crippen molar-refractivity contribution < 1.29 is 5.11 Å². The highest BCUT2D eigenvalue weighted by Gasteiger charge is 1.96. The Kier molecular flexibility index (Phi) is 6.15. The first-order valence-corrected chi connectivity index (χ1v) is 6.73. The van der Waals surface area contributed by atoms with E-state index in [0.717, 1.165) is 11.4 Å². The lowest BCUT2D eigenvalue weighted by Crippen LogP contribution is -1.88. The Balaban J connectivity index is 2.56. The molecule has 0 aromatic heterocycles. The van der Waals surface area contributed by atoms with E-state index < -0.39 is 0 Å². The molecule has 0 amide bonds. The molecule has 3 heteroatoms. The van der Waals surface area contributed by atoms with Crippen molar-refractivity contribution in [2.75, 3.05) is 18.1 Å². The molecule has 0 aliphatic rings. The summed E-state index contributed by atoms with van der Waals surface area (Å²) in [4.78, 5) is 1.23. The van der Waals surface area contributed by atoms with Crippen LogP contribution in [0, 0.1) is 0 Å². The molecule has 2 nitrogen and oxygen atoms in total. The van der Waals surface area contributed by atoms with Gasteiger partial charge in [0.1, 0.15) is 5.76 Å². The SMILES string of the molecule is C=C/C(O)=C\C=C(/C)CSc1cccc(NC)c1. The van der Waals surface area contributed by atoms with E-state index >= 15 is 0 Å². The van der Waals surface area contributed by atoms with Gasteiger partial charge in [-0.3, -0.25) is 0 Å². The molecule has 0 bridgehead atoms. The van der Waals surface area contributed by atoms with E-state index in [0.29, 0.717) is 0 Å². The van der Waals surface area contributed by atoms with Gasteiger partial charge in [0.2, 0.25) is 0 Å². The quantitative estimate of drug-likeness (QED) is 0.452. The first-order valence-electron chi connectivity index (χ1n) is 5.75. The number of anilines is 1. The van der Waals surface area contributed by atoms with Crippen molar-refractivity contribution >= 4 is 17.4 Å². The van der Waals surface area contributed by atoms with Gasteiger partial charge >= 0.3 is 0 Å². The molecule has 0 saturated carbocycles. The van der Waals surface area contributed by atoms with Crippen molar-refractivity contribution in [3.05, 3.63) is 60.4 Å². The standard InChI is InChI=1S/C15H19NOS/c1-4-14(17)9-8-12(2)11-18-15-7-5-6-13(10-15)16-3/h4-10,16-17H,1,11H2,2-3H3/b12-8+,14-9+. The van der Waals surface area contributed by atoms with Gasteiger partial charge in [-0.2, -0.15) is 0 Å². The summed E-state index contributed by atoms with van der Waals surface area (Å²) in [7, 11) is 1.91. The van der Waals surface area contributed by atoms with Gasteiger partial charge in [-0.05, 0) is 37.3 Å². The van der Waals surface area contributed by atoms with Gasteiger partial charge in [-0.15, -0.1) is 11.8 Å². The van der Waals surface area contributed by atoms with Crippen molar-refractivity contribution in [1.82, 2.24) is 0 Å². The number of aliphatic hydroxyl groups excluding tert-OH is 1. The maximum Gasteiger partial charge on any atom is 0.114 e. The summed E-state index contributed by atoms with van der Waals surface area (Å²) in [5, 5.41) is 12.4. The third-order valence-corrected chi connectivity index (χ3v) is 3.52. The number of hydrogen-bond acceptors (Lipinski definition) is 3. The molecule has 1 rings (SSSR count). The van der Waals surface area contributed by atoms with Crippen LogP contribution in [0.25, 0.3) is 0 Å². The van der Waals surface area contributed by atoms with Gasteiger partial charge in [0.15, 0.2) is 0 Å². The molecule has 18 heavy (non-hydrogen) atoms. The molecule has 2 N–H and O–H groups in total. The number of benzene rings is 1. The Morgan fingerprint density at radius 3 is 2.89 bits per heavy atom. The van der Waals surface area contributed by atoms with Gasteiger partial charge < -0.3 is 10.4 Å². The third kappa shape index (κ3) is 5.15. The minimum absolute atomic E-state index is 0.191. The van der Waals surface area contributed by atoms with Crippen molar-refractivity contribution in [2.45, 2.75) is 11.8 Å². The lowest BCUT2D eigenvalue weighted by atomic mass is 10.3. The highest BCUT2D eigenvalue weighted by molar-refractivity contribution is 7.99. The van der Waals surface area contributed by atoms with Gasteiger partial charge in [0.05, 0.1) is 0 Å². The lowest BCUT2D eigenvalue weighted by molar-refractivity contribution is 0.433. The molecule has 1 aromatic carbocycles. The van der Waals surface area contributed by atoms with Crippen LogP contribution in [0.3, 0.4) is 0 Å². The Hall–Kier alpha value is -1.61. The molecule has 1 aromatic rings. The van der Waals surface area contributed by atoms with Crippen LogP contribution in [0.2, 0.25) is 0 Å². The molecular formula is C15H19NOS. The Labute approximate surface area is 113 Å². The molecule has 0 radical (unpaired) electrons. The second-order valence-corrected chi connectivity index (χ2v) is 4.92. The van der Waals surface area contributed by atoms with Crippen LogP contribution in [0.1, 0.15) is 6.92 Å². The van der Waals surface area contributed by atoms with Crippen LogP contribution in [-0.4, -0.2) is 17.9 Å². The Bertz CT molecular complexity index is 463. The number of thioether (sulfide) groups is 1. The predicted octanol–water partition coefficient (Wildman–Crippen LogP) is 4.39. The van der Waals surface area contributed by atoms with Crippen LogP contribution in [0.4, 0.5) is 5.69 Å². The van der Waals surface area contributed by atoms with E-state index in [1.54, 1.807) is 17.8 Å². The number of aliphatic hydroxyl groups is 1. The molecule has 0 fully saturated rings. The van der Waals surface area contributed by atoms with Crippen LogP contribution in [-0.2, 0) is 0 Å². The number of rotatable bonds is 6. The highest BCUT2D eigenvalue weighted by atomic mass is 32.2. The first kappa shape index (κ1) is 14.5. The largest absolute Gasteiger partial charge is 0.508 e. The fourth-order valence-electron chi connectivity index (χ4n) is 1.28. The maximum atomic E-state index is 9.24. The van der Waals surface area contributed by atoms with E-state index in [9.17, 15) is 5.11 Å². The summed E-state index contributed by atoms with van der Waals surface area (Å²) in [6.07, 6.45) is 4.99. The molecule has 0 saturated heterocycles. The zero-order chi connectivity index (χ0) is 13.4. The van der Waals surface area contributed by atoms with Crippen molar-refractivity contribution in [2.24, 2.45) is 0 Å². The van der Waals surface area contributed by atoms with E-state index in [1.807, 2.05) is 32.2 Å². The molecular weight excluding hydrogens is 242 g/mol. The van der Waals surface area contributed by atoms with E-state index in [4.69, 9.17) is 0 Å². The summed E-state index contributed by atoms with van der Waals surface area (Å²) in [6, 6.07) is 8.29. The number of allylic oxidation sites excluding steroid dienone is 3. The van der Waals surface area contributed by atoms with Gasteiger partial charge in [0.25, 0.3) is 0 Å². The first-order chi connectivity index (χ1) is 8.65. The zero-order valence-electron chi connectivity index (χ0n) is 10.8. The normalized spacial score (nSPS) is 12.3. The molecule has 0 aliphatic heterocycles. The summed E-state index contributed by atoms with van der Waals surface area (Å²) in [5.74, 6) is 1.09. The fourth-order valence-corrected chi connectivity index (χ4v) is 2.16. The second-order valence-electron chi connectivity index (χ2n) is 3.88. The lowest BCUT2D eigenvalue weighted by Gasteiger charge is -2.04. The summed E-state index contributed by atoms with van der Waals surface area (Å²) in [5.41, 5.74) is 2.31. The monoisotopic (exact) mass is 261 g/mol. The summed E-state index contributed by atoms with van der Waals surface area (Å²) in [6.45, 7) is 5.53. The van der Waals surface area contributed by atoms with E-state index in [2.05, 4.69) is 24.0 Å². The Morgan fingerprint density at radius 1 is 1.44 bits per heavy atom. The number of nitrogens with one attached hydrogen (secondary N) is 1. The van der Waals surface area contributed by atoms with Crippen molar-refractivity contribution in [3.8, 4) is 0 Å². The van der Waals surface area contributed by atoms with Crippen LogP contribution < -0.4 is 5.32 Å². The third-order valence-electron chi connectivity index (χ3n) is 2.34.